The van der Waals surface area contributed by atoms with Crippen molar-refractivity contribution in [3.05, 3.63) is 65.2 Å². The van der Waals surface area contributed by atoms with E-state index >= 15 is 0 Å². The third kappa shape index (κ3) is 3.92. The van der Waals surface area contributed by atoms with Gasteiger partial charge in [0.25, 0.3) is 0 Å². The first-order chi connectivity index (χ1) is 11.1. The molecule has 1 unspecified atom stereocenters. The summed E-state index contributed by atoms with van der Waals surface area (Å²) in [5.74, 6) is 1.04. The Labute approximate surface area is 137 Å². The van der Waals surface area contributed by atoms with Gasteiger partial charge in [-0.25, -0.2) is 13.1 Å². The largest absolute Gasteiger partial charge is 0.493 e. The fourth-order valence-electron chi connectivity index (χ4n) is 2.88. The molecule has 5 heteroatoms. The number of aryl methyl sites for hydroxylation is 1. The number of nitrogens with one attached hydrogen (secondary N) is 1. The second-order valence-electron chi connectivity index (χ2n) is 5.91. The van der Waals surface area contributed by atoms with Crippen LogP contribution in [0.3, 0.4) is 0 Å². The van der Waals surface area contributed by atoms with E-state index in [0.717, 1.165) is 28.9 Å². The van der Waals surface area contributed by atoms with E-state index in [2.05, 4.69) is 4.72 Å². The first-order valence-electron chi connectivity index (χ1n) is 7.79. The van der Waals surface area contributed by atoms with Gasteiger partial charge < -0.3 is 4.74 Å². The van der Waals surface area contributed by atoms with Gasteiger partial charge in [-0.05, 0) is 36.1 Å². The van der Waals surface area contributed by atoms with E-state index in [1.165, 1.54) is 0 Å². The van der Waals surface area contributed by atoms with Gasteiger partial charge in [-0.2, -0.15) is 0 Å². The van der Waals surface area contributed by atoms with E-state index in [9.17, 15) is 8.42 Å². The number of fused-ring (bicyclic) bond motifs is 1. The number of benzene rings is 2. The Bertz CT molecular complexity index is 786. The maximum atomic E-state index is 12.4. The van der Waals surface area contributed by atoms with Gasteiger partial charge in [0.05, 0.1) is 12.4 Å². The molecular formula is C18H21NO3S. The molecule has 2 aromatic rings. The maximum Gasteiger partial charge on any atom is 0.215 e. The zero-order valence-corrected chi connectivity index (χ0v) is 14.0. The predicted molar refractivity (Wildman–Crippen MR) is 91.1 cm³/mol. The van der Waals surface area contributed by atoms with Gasteiger partial charge in [0.1, 0.15) is 5.75 Å². The Morgan fingerprint density at radius 1 is 1.13 bits per heavy atom. The van der Waals surface area contributed by atoms with Crippen LogP contribution in [0.15, 0.2) is 48.5 Å². The lowest BCUT2D eigenvalue weighted by atomic mass is 9.93. The fraction of sp³-hybridized carbons (Fsp3) is 0.333. The fourth-order valence-corrected chi connectivity index (χ4v) is 4.17. The summed E-state index contributed by atoms with van der Waals surface area (Å²) in [6.45, 7) is 2.97. The minimum atomic E-state index is -3.35. The average Bonchev–Trinajstić information content (AvgIpc) is 2.55. The molecule has 0 saturated carbocycles. The van der Waals surface area contributed by atoms with Crippen molar-refractivity contribution in [3.8, 4) is 5.75 Å². The predicted octanol–water partition coefficient (Wildman–Crippen LogP) is 2.98. The molecular weight excluding hydrogens is 310 g/mol. The van der Waals surface area contributed by atoms with Crippen LogP contribution in [0.25, 0.3) is 0 Å². The molecule has 2 aromatic carbocycles. The van der Waals surface area contributed by atoms with Crippen LogP contribution in [-0.2, 0) is 15.8 Å². The van der Waals surface area contributed by atoms with Crippen LogP contribution < -0.4 is 9.46 Å². The lowest BCUT2D eigenvalue weighted by Crippen LogP contribution is -2.31. The van der Waals surface area contributed by atoms with E-state index in [4.69, 9.17) is 4.74 Å². The van der Waals surface area contributed by atoms with Crippen molar-refractivity contribution in [2.75, 3.05) is 13.2 Å². The molecule has 0 saturated heterocycles. The van der Waals surface area contributed by atoms with Crippen LogP contribution in [0.1, 0.15) is 29.0 Å². The monoisotopic (exact) mass is 331 g/mol. The first kappa shape index (κ1) is 16.0. The lowest BCUT2D eigenvalue weighted by Gasteiger charge is -2.26. The van der Waals surface area contributed by atoms with E-state index in [1.807, 2.05) is 55.5 Å². The molecule has 1 atom stereocenters. The number of ether oxygens (including phenoxy) is 1. The van der Waals surface area contributed by atoms with Crippen LogP contribution in [-0.4, -0.2) is 21.6 Å². The highest BCUT2D eigenvalue weighted by Gasteiger charge is 2.23. The molecule has 0 fully saturated rings. The van der Waals surface area contributed by atoms with Gasteiger partial charge in [-0.3, -0.25) is 0 Å². The average molecular weight is 331 g/mol. The Morgan fingerprint density at radius 3 is 2.70 bits per heavy atom. The molecule has 122 valence electrons. The van der Waals surface area contributed by atoms with Crippen LogP contribution in [0.5, 0.6) is 5.75 Å². The molecule has 1 aliphatic rings. The third-order valence-electron chi connectivity index (χ3n) is 4.24. The molecule has 1 heterocycles. The Balaban J connectivity index is 1.68. The normalized spacial score (nSPS) is 17.3. The first-order valence-corrected chi connectivity index (χ1v) is 9.44. The highest BCUT2D eigenvalue weighted by Crippen LogP contribution is 2.32. The van der Waals surface area contributed by atoms with Crippen molar-refractivity contribution in [2.24, 2.45) is 0 Å². The smallest absolute Gasteiger partial charge is 0.215 e. The van der Waals surface area contributed by atoms with Crippen LogP contribution in [0, 0.1) is 6.92 Å². The molecule has 23 heavy (non-hydrogen) atoms. The molecule has 0 bridgehead atoms. The topological polar surface area (TPSA) is 55.4 Å². The van der Waals surface area contributed by atoms with E-state index in [1.54, 1.807) is 0 Å². The van der Waals surface area contributed by atoms with Crippen molar-refractivity contribution in [1.82, 2.24) is 4.72 Å². The van der Waals surface area contributed by atoms with Gasteiger partial charge >= 0.3 is 0 Å². The molecule has 0 aliphatic carbocycles. The zero-order valence-electron chi connectivity index (χ0n) is 13.2. The second kappa shape index (κ2) is 6.72. The highest BCUT2D eigenvalue weighted by atomic mass is 32.2. The number of sulfonamides is 1. The second-order valence-corrected chi connectivity index (χ2v) is 7.71. The Morgan fingerprint density at radius 2 is 1.87 bits per heavy atom. The molecule has 1 aliphatic heterocycles. The number of hydrogen-bond donors (Lipinski definition) is 1. The molecule has 4 nitrogen and oxygen atoms in total. The quantitative estimate of drug-likeness (QED) is 0.916. The van der Waals surface area contributed by atoms with E-state index < -0.39 is 10.0 Å². The van der Waals surface area contributed by atoms with Crippen LogP contribution >= 0.6 is 0 Å². The number of hydrogen-bond acceptors (Lipinski definition) is 3. The van der Waals surface area contributed by atoms with Gasteiger partial charge in [0, 0.05) is 12.5 Å². The summed E-state index contributed by atoms with van der Waals surface area (Å²) in [5, 5.41) is 0. The summed E-state index contributed by atoms with van der Waals surface area (Å²) < 4.78 is 33.1. The van der Waals surface area contributed by atoms with E-state index in [0.29, 0.717) is 13.2 Å². The van der Waals surface area contributed by atoms with Crippen LogP contribution in [0.4, 0.5) is 0 Å². The van der Waals surface area contributed by atoms with Crippen molar-refractivity contribution in [3.63, 3.8) is 0 Å². The summed E-state index contributed by atoms with van der Waals surface area (Å²) in [6, 6.07) is 15.4. The highest BCUT2D eigenvalue weighted by molar-refractivity contribution is 7.88. The third-order valence-corrected chi connectivity index (χ3v) is 5.54. The standard InChI is InChI=1S/C18H21NO3S/c1-14-6-2-3-7-16(14)13-23(20,21)19-12-15-10-11-22-18-9-5-4-8-17(15)18/h2-9,15,19H,10-13H2,1H3. The minimum Gasteiger partial charge on any atom is -0.493 e. The van der Waals surface area contributed by atoms with Crippen molar-refractivity contribution in [2.45, 2.75) is 25.0 Å². The van der Waals surface area contributed by atoms with Gasteiger partial charge in [0.2, 0.25) is 10.0 Å². The number of para-hydroxylation sites is 1. The van der Waals surface area contributed by atoms with Crippen molar-refractivity contribution in [1.29, 1.82) is 0 Å². The summed E-state index contributed by atoms with van der Waals surface area (Å²) in [7, 11) is -3.35. The van der Waals surface area contributed by atoms with Crippen LogP contribution in [0.2, 0.25) is 0 Å². The molecule has 1 N–H and O–H groups in total. The SMILES string of the molecule is Cc1ccccc1CS(=O)(=O)NCC1CCOc2ccccc21. The maximum absolute atomic E-state index is 12.4. The molecule has 0 amide bonds. The summed E-state index contributed by atoms with van der Waals surface area (Å²) in [6.07, 6.45) is 0.823. The summed E-state index contributed by atoms with van der Waals surface area (Å²) in [5.41, 5.74) is 2.92. The lowest BCUT2D eigenvalue weighted by molar-refractivity contribution is 0.267. The summed E-state index contributed by atoms with van der Waals surface area (Å²) in [4.78, 5) is 0. The molecule has 0 radical (unpaired) electrons. The van der Waals surface area contributed by atoms with E-state index in [-0.39, 0.29) is 11.7 Å². The minimum absolute atomic E-state index is 0.0184. The van der Waals surface area contributed by atoms with Crippen molar-refractivity contribution < 1.29 is 13.2 Å². The van der Waals surface area contributed by atoms with Crippen molar-refractivity contribution >= 4 is 10.0 Å². The van der Waals surface area contributed by atoms with Gasteiger partial charge in [-0.1, -0.05) is 42.5 Å². The van der Waals surface area contributed by atoms with Gasteiger partial charge in [0.15, 0.2) is 0 Å². The summed E-state index contributed by atoms with van der Waals surface area (Å²) >= 11 is 0. The Kier molecular flexibility index (Phi) is 4.68. The number of rotatable bonds is 5. The van der Waals surface area contributed by atoms with Gasteiger partial charge in [-0.15, -0.1) is 0 Å². The molecule has 0 spiro atoms. The zero-order chi connectivity index (χ0) is 16.3. The molecule has 3 rings (SSSR count). The Hall–Kier alpha value is -1.85. The molecule has 0 aromatic heterocycles.